The molecule has 218 valence electrons. The highest BCUT2D eigenvalue weighted by Gasteiger charge is 2.49. The Balaban J connectivity index is 1.65. The van der Waals surface area contributed by atoms with Crippen molar-refractivity contribution >= 4 is 45.8 Å². The Morgan fingerprint density at radius 3 is 2.10 bits per heavy atom. The first-order valence-corrected chi connectivity index (χ1v) is 15.8. The molecule has 1 heterocycles. The molecule has 0 unspecified atom stereocenters. The predicted octanol–water partition coefficient (Wildman–Crippen LogP) is 8.63. The summed E-state index contributed by atoms with van der Waals surface area (Å²) < 4.78 is 13.0. The summed E-state index contributed by atoms with van der Waals surface area (Å²) in [6, 6.07) is 11.6. The van der Waals surface area contributed by atoms with Crippen LogP contribution < -0.4 is 9.47 Å². The Bertz CT molecular complexity index is 1420. The van der Waals surface area contributed by atoms with Gasteiger partial charge in [-0.25, -0.2) is 0 Å². The van der Waals surface area contributed by atoms with Crippen LogP contribution in [0.15, 0.2) is 58.9 Å². The van der Waals surface area contributed by atoms with Crippen LogP contribution in [0.4, 0.5) is 0 Å². The largest absolute Gasteiger partial charge is 0.493 e. The quantitative estimate of drug-likeness (QED) is 0.273. The van der Waals surface area contributed by atoms with Crippen molar-refractivity contribution in [2.75, 3.05) is 13.7 Å². The van der Waals surface area contributed by atoms with Crippen LogP contribution in [0.1, 0.15) is 83.8 Å². The molecule has 0 N–H and O–H groups in total. The molecule has 0 saturated heterocycles. The predicted molar refractivity (Wildman–Crippen MR) is 171 cm³/mol. The summed E-state index contributed by atoms with van der Waals surface area (Å²) in [5.41, 5.74) is 5.35. The molecule has 0 amide bonds. The molecule has 1 aliphatic heterocycles. The van der Waals surface area contributed by atoms with Crippen molar-refractivity contribution in [3.05, 3.63) is 78.7 Å². The molecule has 0 bridgehead atoms. The van der Waals surface area contributed by atoms with Gasteiger partial charge in [-0.1, -0.05) is 58.4 Å². The van der Waals surface area contributed by atoms with Crippen LogP contribution in [0.2, 0.25) is 5.02 Å². The van der Waals surface area contributed by atoms with E-state index in [0.29, 0.717) is 36.0 Å². The molecule has 2 aliphatic carbocycles. The lowest BCUT2D eigenvalue weighted by molar-refractivity contribution is -0.119. The number of carbonyl (C=O) groups excluding carboxylic acids is 2. The molecule has 3 aliphatic rings. The van der Waals surface area contributed by atoms with E-state index in [2.05, 4.69) is 68.2 Å². The normalized spacial score (nSPS) is 20.2. The van der Waals surface area contributed by atoms with E-state index in [9.17, 15) is 9.59 Å². The number of ether oxygens (including phenoxy) is 2. The highest BCUT2D eigenvalue weighted by Crippen LogP contribution is 2.55. The number of nitrogens with zero attached hydrogens (tertiary/aromatic N) is 1. The molecule has 0 spiro atoms. The molecule has 2 aromatic rings. The smallest absolute Gasteiger partial charge is 0.174 e. The Morgan fingerprint density at radius 2 is 1.56 bits per heavy atom. The van der Waals surface area contributed by atoms with Crippen molar-refractivity contribution in [1.82, 2.24) is 4.90 Å². The van der Waals surface area contributed by atoms with E-state index >= 15 is 0 Å². The monoisotopic (exact) mass is 687 g/mol. The van der Waals surface area contributed by atoms with Crippen molar-refractivity contribution in [2.24, 2.45) is 10.8 Å². The van der Waals surface area contributed by atoms with Gasteiger partial charge in [0.05, 0.1) is 10.7 Å². The summed E-state index contributed by atoms with van der Waals surface area (Å²) >= 11 is 8.45. The van der Waals surface area contributed by atoms with Gasteiger partial charge in [-0.3, -0.25) is 9.59 Å². The Morgan fingerprint density at radius 1 is 0.951 bits per heavy atom. The third-order valence-corrected chi connectivity index (χ3v) is 9.36. The zero-order valence-corrected chi connectivity index (χ0v) is 27.7. The summed E-state index contributed by atoms with van der Waals surface area (Å²) in [4.78, 5) is 30.3. The van der Waals surface area contributed by atoms with Crippen LogP contribution in [-0.2, 0) is 16.2 Å². The second kappa shape index (κ2) is 11.4. The zero-order chi connectivity index (χ0) is 29.7. The first kappa shape index (κ1) is 30.1. The molecule has 0 atom stereocenters. The summed E-state index contributed by atoms with van der Waals surface area (Å²) in [6.45, 7) is 12.0. The number of rotatable bonds is 7. The van der Waals surface area contributed by atoms with Gasteiger partial charge in [-0.15, -0.1) is 0 Å². The van der Waals surface area contributed by atoms with E-state index < -0.39 is 5.92 Å². The SMILES string of the molecule is CCCN1C2=C(C(=O)CC(C)(C)C2)C(c2cc(I)c(OCc3cccc(Cl)c3)c(OC)c2)C2=C1CC(C)(C)CC2=O. The number of carbonyl (C=O) groups is 2. The maximum atomic E-state index is 14.0. The van der Waals surface area contributed by atoms with Crippen LogP contribution in [0.25, 0.3) is 0 Å². The first-order valence-electron chi connectivity index (χ1n) is 14.4. The maximum absolute atomic E-state index is 14.0. The van der Waals surface area contributed by atoms with E-state index in [1.54, 1.807) is 7.11 Å². The maximum Gasteiger partial charge on any atom is 0.174 e. The number of halogens is 2. The van der Waals surface area contributed by atoms with Crippen LogP contribution >= 0.6 is 34.2 Å². The number of benzene rings is 2. The molecule has 0 saturated carbocycles. The second-order valence-corrected chi connectivity index (χ2v) is 14.7. The fraction of sp³-hybridized carbons (Fsp3) is 0.471. The molecule has 0 aromatic heterocycles. The molecule has 5 nitrogen and oxygen atoms in total. The highest BCUT2D eigenvalue weighted by molar-refractivity contribution is 14.1. The van der Waals surface area contributed by atoms with E-state index in [0.717, 1.165) is 63.0 Å². The molecular weight excluding hydrogens is 649 g/mol. The number of hydrogen-bond acceptors (Lipinski definition) is 5. The summed E-state index contributed by atoms with van der Waals surface area (Å²) in [6.07, 6.45) is 3.50. The van der Waals surface area contributed by atoms with Gasteiger partial charge in [0, 0.05) is 52.9 Å². The zero-order valence-electron chi connectivity index (χ0n) is 24.8. The van der Waals surface area contributed by atoms with E-state index in [4.69, 9.17) is 21.1 Å². The van der Waals surface area contributed by atoms with E-state index in [-0.39, 0.29) is 22.4 Å². The van der Waals surface area contributed by atoms with E-state index in [1.807, 2.05) is 30.3 Å². The second-order valence-electron chi connectivity index (χ2n) is 13.1. The van der Waals surface area contributed by atoms with Crippen molar-refractivity contribution in [3.8, 4) is 11.5 Å². The minimum atomic E-state index is -0.412. The standard InChI is InChI=1S/C34H39ClINO4/c1-7-11-37-24-15-33(2,3)17-26(38)30(24)29(31-25(37)16-34(4,5)18-27(31)39)21-13-23(36)32(28(14-21)40-6)41-19-20-9-8-10-22(35)12-20/h8-10,12-14,29H,7,11,15-19H2,1-6H3. The number of methoxy groups -OCH3 is 1. The molecule has 2 aromatic carbocycles. The third kappa shape index (κ3) is 5.96. The van der Waals surface area contributed by atoms with Gasteiger partial charge in [-0.05, 0) is 88.1 Å². The number of Topliss-reactive ketones (excluding diaryl/α,β-unsaturated/α-hetero) is 2. The number of hydrogen-bond donors (Lipinski definition) is 0. The molecule has 0 fully saturated rings. The number of allylic oxidation sites excluding steroid dienone is 4. The summed E-state index contributed by atoms with van der Waals surface area (Å²) in [5.74, 6) is 1.09. The molecule has 41 heavy (non-hydrogen) atoms. The average Bonchev–Trinajstić information content (AvgIpc) is 2.87. The Kier molecular flexibility index (Phi) is 8.38. The van der Waals surface area contributed by atoms with Crippen LogP contribution in [-0.4, -0.2) is 30.1 Å². The van der Waals surface area contributed by atoms with Gasteiger partial charge >= 0.3 is 0 Å². The molecule has 0 radical (unpaired) electrons. The Labute approximate surface area is 262 Å². The lowest BCUT2D eigenvalue weighted by atomic mass is 9.63. The van der Waals surface area contributed by atoms with Crippen molar-refractivity contribution in [2.45, 2.75) is 79.2 Å². The molecular formula is C34H39ClINO4. The molecule has 7 heteroatoms. The summed E-state index contributed by atoms with van der Waals surface area (Å²) in [7, 11) is 1.63. The lowest BCUT2D eigenvalue weighted by Gasteiger charge is -2.49. The van der Waals surface area contributed by atoms with E-state index in [1.165, 1.54) is 0 Å². The van der Waals surface area contributed by atoms with Gasteiger partial charge in [-0.2, -0.15) is 0 Å². The first-order chi connectivity index (χ1) is 19.3. The third-order valence-electron chi connectivity index (χ3n) is 8.33. The number of ketones is 2. The average molecular weight is 688 g/mol. The highest BCUT2D eigenvalue weighted by atomic mass is 127. The van der Waals surface area contributed by atoms with Gasteiger partial charge in [0.25, 0.3) is 0 Å². The van der Waals surface area contributed by atoms with Crippen LogP contribution in [0, 0.1) is 14.4 Å². The van der Waals surface area contributed by atoms with Crippen molar-refractivity contribution in [1.29, 1.82) is 0 Å². The molecule has 5 rings (SSSR count). The van der Waals surface area contributed by atoms with Crippen molar-refractivity contribution in [3.63, 3.8) is 0 Å². The lowest BCUT2D eigenvalue weighted by Crippen LogP contribution is -2.44. The van der Waals surface area contributed by atoms with Gasteiger partial charge in [0.2, 0.25) is 0 Å². The minimum absolute atomic E-state index is 0.136. The fourth-order valence-electron chi connectivity index (χ4n) is 6.70. The summed E-state index contributed by atoms with van der Waals surface area (Å²) in [5, 5.41) is 0.659. The van der Waals surface area contributed by atoms with Gasteiger partial charge < -0.3 is 14.4 Å². The van der Waals surface area contributed by atoms with Gasteiger partial charge in [0.1, 0.15) is 6.61 Å². The van der Waals surface area contributed by atoms with Crippen LogP contribution in [0.3, 0.4) is 0 Å². The van der Waals surface area contributed by atoms with Crippen LogP contribution in [0.5, 0.6) is 11.5 Å². The van der Waals surface area contributed by atoms with Gasteiger partial charge in [0.15, 0.2) is 23.1 Å². The fourth-order valence-corrected chi connectivity index (χ4v) is 7.70. The minimum Gasteiger partial charge on any atom is -0.493 e. The Hall–Kier alpha value is -2.32. The van der Waals surface area contributed by atoms with Crippen molar-refractivity contribution < 1.29 is 19.1 Å². The topological polar surface area (TPSA) is 55.8 Å².